The molecule has 0 aliphatic carbocycles. The normalized spacial score (nSPS) is 10.5. The van der Waals surface area contributed by atoms with E-state index in [0.717, 1.165) is 17.1 Å². The SMILES string of the molecule is COc1ccc2cc(C#N)c(SCC(=O)Nc3c(C)[nH]c(=O)[nH]c3=O)nc2c1. The van der Waals surface area contributed by atoms with Crippen LogP contribution in [0.25, 0.3) is 10.9 Å². The Bertz CT molecular complexity index is 1230. The number of hydrogen-bond acceptors (Lipinski definition) is 7. The summed E-state index contributed by atoms with van der Waals surface area (Å²) in [6.07, 6.45) is 0. The Balaban J connectivity index is 1.81. The molecular weight excluding hydrogens is 382 g/mol. The Morgan fingerprint density at radius 2 is 2.11 bits per heavy atom. The Kier molecular flexibility index (Phi) is 5.47. The molecule has 0 aliphatic heterocycles. The number of anilines is 1. The van der Waals surface area contributed by atoms with E-state index in [-0.39, 0.29) is 17.1 Å². The summed E-state index contributed by atoms with van der Waals surface area (Å²) in [5.41, 5.74) is -0.136. The lowest BCUT2D eigenvalue weighted by atomic mass is 10.1. The molecule has 0 spiro atoms. The summed E-state index contributed by atoms with van der Waals surface area (Å²) < 4.78 is 5.18. The second-order valence-electron chi connectivity index (χ2n) is 5.76. The van der Waals surface area contributed by atoms with Crippen LogP contribution < -0.4 is 21.3 Å². The number of carbonyl (C=O) groups is 1. The van der Waals surface area contributed by atoms with Gasteiger partial charge in [0.05, 0.1) is 23.9 Å². The minimum atomic E-state index is -0.687. The number of nitrogens with zero attached hydrogens (tertiary/aromatic N) is 2. The van der Waals surface area contributed by atoms with E-state index >= 15 is 0 Å². The number of hydrogen-bond donors (Lipinski definition) is 3. The van der Waals surface area contributed by atoms with E-state index in [2.05, 4.69) is 26.3 Å². The first-order chi connectivity index (χ1) is 13.4. The Hall–Kier alpha value is -3.58. The molecular formula is C18H15N5O4S. The van der Waals surface area contributed by atoms with Gasteiger partial charge in [-0.2, -0.15) is 5.26 Å². The average Bonchev–Trinajstić information content (AvgIpc) is 2.67. The second-order valence-corrected chi connectivity index (χ2v) is 6.72. The van der Waals surface area contributed by atoms with Crippen molar-refractivity contribution < 1.29 is 9.53 Å². The van der Waals surface area contributed by atoms with Gasteiger partial charge in [0.2, 0.25) is 5.91 Å². The second kappa shape index (κ2) is 7.98. The molecule has 10 heteroatoms. The Morgan fingerprint density at radius 1 is 1.32 bits per heavy atom. The lowest BCUT2D eigenvalue weighted by molar-refractivity contribution is -0.113. The molecule has 3 aromatic rings. The van der Waals surface area contributed by atoms with Gasteiger partial charge in [0.15, 0.2) is 0 Å². The lowest BCUT2D eigenvalue weighted by Gasteiger charge is -2.08. The molecule has 2 heterocycles. The molecule has 0 saturated carbocycles. The first-order valence-corrected chi connectivity index (χ1v) is 9.04. The van der Waals surface area contributed by atoms with Gasteiger partial charge >= 0.3 is 5.69 Å². The van der Waals surface area contributed by atoms with E-state index < -0.39 is 17.2 Å². The maximum atomic E-state index is 12.2. The highest BCUT2D eigenvalue weighted by atomic mass is 32.2. The number of amides is 1. The Labute approximate surface area is 162 Å². The highest BCUT2D eigenvalue weighted by Crippen LogP contribution is 2.27. The van der Waals surface area contributed by atoms with Crippen molar-refractivity contribution in [1.29, 1.82) is 5.26 Å². The molecule has 0 saturated heterocycles. The molecule has 0 bridgehead atoms. The molecule has 28 heavy (non-hydrogen) atoms. The number of aryl methyl sites for hydroxylation is 1. The van der Waals surface area contributed by atoms with Crippen molar-refractivity contribution in [3.63, 3.8) is 0 Å². The number of carbonyl (C=O) groups excluding carboxylic acids is 1. The average molecular weight is 397 g/mol. The van der Waals surface area contributed by atoms with Crippen molar-refractivity contribution in [2.75, 3.05) is 18.2 Å². The van der Waals surface area contributed by atoms with Crippen molar-refractivity contribution >= 4 is 34.3 Å². The van der Waals surface area contributed by atoms with Crippen molar-refractivity contribution in [3.05, 3.63) is 56.4 Å². The van der Waals surface area contributed by atoms with Crippen LogP contribution in [-0.4, -0.2) is 33.7 Å². The van der Waals surface area contributed by atoms with E-state index in [4.69, 9.17) is 4.74 Å². The zero-order chi connectivity index (χ0) is 20.3. The lowest BCUT2D eigenvalue weighted by Crippen LogP contribution is -2.29. The fourth-order valence-electron chi connectivity index (χ4n) is 2.51. The minimum absolute atomic E-state index is 0.0260. The van der Waals surface area contributed by atoms with Crippen LogP contribution in [0.1, 0.15) is 11.3 Å². The number of fused-ring (bicyclic) bond motifs is 1. The van der Waals surface area contributed by atoms with Crippen LogP contribution in [0.3, 0.4) is 0 Å². The summed E-state index contributed by atoms with van der Waals surface area (Å²) in [5.74, 6) is 0.0862. The molecule has 0 atom stereocenters. The summed E-state index contributed by atoms with van der Waals surface area (Å²) >= 11 is 1.07. The monoisotopic (exact) mass is 397 g/mol. The number of rotatable bonds is 5. The summed E-state index contributed by atoms with van der Waals surface area (Å²) in [6, 6.07) is 9.08. The molecule has 3 N–H and O–H groups in total. The van der Waals surface area contributed by atoms with E-state index in [0.29, 0.717) is 21.9 Å². The van der Waals surface area contributed by atoms with Crippen LogP contribution in [0, 0.1) is 18.3 Å². The molecule has 1 aromatic carbocycles. The quantitative estimate of drug-likeness (QED) is 0.554. The summed E-state index contributed by atoms with van der Waals surface area (Å²) in [4.78, 5) is 44.2. The number of ether oxygens (including phenoxy) is 1. The van der Waals surface area contributed by atoms with Gasteiger partial charge in [-0.25, -0.2) is 9.78 Å². The standard InChI is InChI=1S/C18H15N5O4S/c1-9-15(16(25)23-18(26)20-9)22-14(24)8-28-17-11(7-19)5-10-3-4-12(27-2)6-13(10)21-17/h3-6H,8H2,1-2H3,(H,22,24)(H2,20,23,25,26). The highest BCUT2D eigenvalue weighted by Gasteiger charge is 2.13. The van der Waals surface area contributed by atoms with Crippen molar-refractivity contribution in [1.82, 2.24) is 15.0 Å². The van der Waals surface area contributed by atoms with Crippen LogP contribution >= 0.6 is 11.8 Å². The highest BCUT2D eigenvalue weighted by molar-refractivity contribution is 8.00. The predicted octanol–water partition coefficient (Wildman–Crippen LogP) is 1.53. The van der Waals surface area contributed by atoms with Gasteiger partial charge in [0.25, 0.3) is 5.56 Å². The van der Waals surface area contributed by atoms with E-state index in [1.54, 1.807) is 31.4 Å². The van der Waals surface area contributed by atoms with Crippen LogP contribution in [0.2, 0.25) is 0 Å². The zero-order valence-electron chi connectivity index (χ0n) is 15.0. The molecule has 142 valence electrons. The summed E-state index contributed by atoms with van der Waals surface area (Å²) in [6.45, 7) is 1.51. The summed E-state index contributed by atoms with van der Waals surface area (Å²) in [5, 5.41) is 13.0. The van der Waals surface area contributed by atoms with Crippen LogP contribution in [0.5, 0.6) is 5.75 Å². The number of benzene rings is 1. The fraction of sp³-hybridized carbons (Fsp3) is 0.167. The molecule has 1 amide bonds. The predicted molar refractivity (Wildman–Crippen MR) is 105 cm³/mol. The largest absolute Gasteiger partial charge is 0.497 e. The third-order valence-electron chi connectivity index (χ3n) is 3.84. The third kappa shape index (κ3) is 4.05. The maximum Gasteiger partial charge on any atom is 0.326 e. The number of nitriles is 1. The van der Waals surface area contributed by atoms with Crippen molar-refractivity contribution in [2.24, 2.45) is 0 Å². The van der Waals surface area contributed by atoms with E-state index in [1.165, 1.54) is 6.92 Å². The first-order valence-electron chi connectivity index (χ1n) is 8.06. The zero-order valence-corrected chi connectivity index (χ0v) is 15.8. The van der Waals surface area contributed by atoms with Gasteiger partial charge < -0.3 is 15.0 Å². The number of methoxy groups -OCH3 is 1. The minimum Gasteiger partial charge on any atom is -0.497 e. The fourth-order valence-corrected chi connectivity index (χ4v) is 3.27. The number of nitrogens with one attached hydrogen (secondary N) is 3. The van der Waals surface area contributed by atoms with Gasteiger partial charge in [0, 0.05) is 17.1 Å². The molecule has 2 aromatic heterocycles. The molecule has 0 radical (unpaired) electrons. The van der Waals surface area contributed by atoms with Gasteiger partial charge in [-0.15, -0.1) is 0 Å². The Morgan fingerprint density at radius 3 is 2.79 bits per heavy atom. The summed E-state index contributed by atoms with van der Waals surface area (Å²) in [7, 11) is 1.55. The molecule has 3 rings (SSSR count). The number of H-pyrrole nitrogens is 2. The third-order valence-corrected chi connectivity index (χ3v) is 4.84. The van der Waals surface area contributed by atoms with E-state index in [9.17, 15) is 19.6 Å². The molecule has 9 nitrogen and oxygen atoms in total. The number of thioether (sulfide) groups is 1. The topological polar surface area (TPSA) is 141 Å². The van der Waals surface area contributed by atoms with Crippen molar-refractivity contribution in [2.45, 2.75) is 11.9 Å². The smallest absolute Gasteiger partial charge is 0.326 e. The molecule has 0 aliphatic rings. The van der Waals surface area contributed by atoms with Crippen LogP contribution in [0.15, 0.2) is 38.9 Å². The number of aromatic amines is 2. The first kappa shape index (κ1) is 19.2. The number of aromatic nitrogens is 3. The van der Waals surface area contributed by atoms with Crippen molar-refractivity contribution in [3.8, 4) is 11.8 Å². The van der Waals surface area contributed by atoms with Gasteiger partial charge in [-0.1, -0.05) is 11.8 Å². The number of pyridine rings is 1. The maximum absolute atomic E-state index is 12.2. The van der Waals surface area contributed by atoms with Gasteiger partial charge in [-0.3, -0.25) is 14.6 Å². The van der Waals surface area contributed by atoms with Gasteiger partial charge in [0.1, 0.15) is 22.5 Å². The van der Waals surface area contributed by atoms with Crippen LogP contribution in [-0.2, 0) is 4.79 Å². The van der Waals surface area contributed by atoms with Crippen LogP contribution in [0.4, 0.5) is 5.69 Å². The molecule has 0 fully saturated rings. The van der Waals surface area contributed by atoms with E-state index in [1.807, 2.05) is 0 Å². The molecule has 0 unspecified atom stereocenters. The van der Waals surface area contributed by atoms with Gasteiger partial charge in [-0.05, 0) is 25.1 Å².